The van der Waals surface area contributed by atoms with E-state index in [1.165, 1.54) is 0 Å². The van der Waals surface area contributed by atoms with Crippen molar-refractivity contribution in [3.63, 3.8) is 0 Å². The largest absolute Gasteiger partial charge is 0.481 e. The molecular formula is C7H16O3Si. The summed E-state index contributed by atoms with van der Waals surface area (Å²) in [6.07, 6.45) is 2.12. The first-order valence-corrected chi connectivity index (χ1v) is 5.64. The highest BCUT2D eigenvalue weighted by Crippen LogP contribution is 1.99. The number of aliphatic carboxylic acids is 1. The zero-order valence-electron chi connectivity index (χ0n) is 7.01. The van der Waals surface area contributed by atoms with Crippen LogP contribution in [0.1, 0.15) is 26.2 Å². The minimum atomic E-state index is -0.692. The van der Waals surface area contributed by atoms with E-state index < -0.39 is 5.97 Å². The molecule has 0 fully saturated rings. The van der Waals surface area contributed by atoms with Crippen molar-refractivity contribution in [2.45, 2.75) is 32.2 Å². The first kappa shape index (κ1) is 10.6. The summed E-state index contributed by atoms with van der Waals surface area (Å²) in [5, 5.41) is 8.30. The van der Waals surface area contributed by atoms with Crippen LogP contribution in [-0.2, 0) is 9.22 Å². The molecule has 66 valence electrons. The quantitative estimate of drug-likeness (QED) is 0.460. The molecule has 0 rings (SSSR count). The summed E-state index contributed by atoms with van der Waals surface area (Å²) in [5.74, 6) is -0.692. The third-order valence-corrected chi connectivity index (χ3v) is 2.87. The van der Waals surface area contributed by atoms with Gasteiger partial charge < -0.3 is 9.53 Å². The fourth-order valence-corrected chi connectivity index (χ4v) is 1.85. The van der Waals surface area contributed by atoms with Crippen molar-refractivity contribution in [2.75, 3.05) is 6.61 Å². The Labute approximate surface area is 69.7 Å². The van der Waals surface area contributed by atoms with Crippen molar-refractivity contribution >= 4 is 15.7 Å². The average Bonchev–Trinajstić information content (AvgIpc) is 1.96. The lowest BCUT2D eigenvalue weighted by molar-refractivity contribution is -0.137. The molecule has 0 unspecified atom stereocenters. The Bertz CT molecular complexity index is 106. The van der Waals surface area contributed by atoms with Gasteiger partial charge in [0.2, 0.25) is 0 Å². The van der Waals surface area contributed by atoms with Gasteiger partial charge in [-0.25, -0.2) is 0 Å². The van der Waals surface area contributed by atoms with Crippen LogP contribution in [0.4, 0.5) is 0 Å². The minimum absolute atomic E-state index is 0.306. The fraction of sp³-hybridized carbons (Fsp3) is 0.857. The van der Waals surface area contributed by atoms with Gasteiger partial charge >= 0.3 is 5.97 Å². The molecule has 0 aliphatic carbocycles. The van der Waals surface area contributed by atoms with Crippen LogP contribution in [0.3, 0.4) is 0 Å². The van der Waals surface area contributed by atoms with Crippen LogP contribution in [-0.4, -0.2) is 27.4 Å². The highest BCUT2D eigenvalue weighted by molar-refractivity contribution is 6.26. The minimum Gasteiger partial charge on any atom is -0.481 e. The van der Waals surface area contributed by atoms with Crippen molar-refractivity contribution in [3.05, 3.63) is 0 Å². The van der Waals surface area contributed by atoms with Gasteiger partial charge in [0.1, 0.15) is 0 Å². The average molecular weight is 176 g/mol. The second-order valence-corrected chi connectivity index (χ2v) is 3.92. The summed E-state index contributed by atoms with van der Waals surface area (Å²) in [5.41, 5.74) is 0. The predicted octanol–water partition coefficient (Wildman–Crippen LogP) is 0.780. The summed E-state index contributed by atoms with van der Waals surface area (Å²) in [4.78, 5) is 10.1. The molecule has 0 bridgehead atoms. The van der Waals surface area contributed by atoms with Gasteiger partial charge in [0.15, 0.2) is 9.76 Å². The van der Waals surface area contributed by atoms with E-state index in [1.807, 2.05) is 6.92 Å². The van der Waals surface area contributed by atoms with Gasteiger partial charge in [-0.3, -0.25) is 4.79 Å². The molecule has 0 saturated carbocycles. The lowest BCUT2D eigenvalue weighted by atomic mass is 10.2. The maximum Gasteiger partial charge on any atom is 0.303 e. The van der Waals surface area contributed by atoms with E-state index >= 15 is 0 Å². The van der Waals surface area contributed by atoms with E-state index in [0.717, 1.165) is 25.5 Å². The van der Waals surface area contributed by atoms with E-state index in [2.05, 4.69) is 0 Å². The molecule has 0 aromatic rings. The predicted molar refractivity (Wildman–Crippen MR) is 46.5 cm³/mol. The lowest BCUT2D eigenvalue weighted by Gasteiger charge is -1.98. The Balaban J connectivity index is 2.85. The Morgan fingerprint density at radius 2 is 2.27 bits per heavy atom. The van der Waals surface area contributed by atoms with Gasteiger partial charge in [0.05, 0.1) is 0 Å². The summed E-state index contributed by atoms with van der Waals surface area (Å²) in [6.45, 7) is 2.80. The SMILES string of the molecule is CCO[SiH2]CCCCC(=O)O. The molecule has 0 saturated heterocycles. The monoisotopic (exact) mass is 176 g/mol. The number of rotatable bonds is 7. The molecule has 0 amide bonds. The Morgan fingerprint density at radius 3 is 2.82 bits per heavy atom. The molecule has 0 aliphatic rings. The van der Waals surface area contributed by atoms with Crippen LogP contribution in [0.25, 0.3) is 0 Å². The van der Waals surface area contributed by atoms with Gasteiger partial charge in [-0.15, -0.1) is 0 Å². The van der Waals surface area contributed by atoms with Gasteiger partial charge in [-0.2, -0.15) is 0 Å². The van der Waals surface area contributed by atoms with Crippen LogP contribution >= 0.6 is 0 Å². The van der Waals surface area contributed by atoms with Crippen molar-refractivity contribution in [2.24, 2.45) is 0 Å². The smallest absolute Gasteiger partial charge is 0.303 e. The topological polar surface area (TPSA) is 46.5 Å². The summed E-state index contributed by atoms with van der Waals surface area (Å²) < 4.78 is 5.23. The van der Waals surface area contributed by atoms with Crippen molar-refractivity contribution in [3.8, 4) is 0 Å². The van der Waals surface area contributed by atoms with Gasteiger partial charge in [0.25, 0.3) is 0 Å². The molecule has 0 aromatic carbocycles. The Kier molecular flexibility index (Phi) is 7.50. The van der Waals surface area contributed by atoms with E-state index in [9.17, 15) is 4.79 Å². The molecule has 1 N–H and O–H groups in total. The molecule has 0 atom stereocenters. The van der Waals surface area contributed by atoms with Gasteiger partial charge in [-0.05, 0) is 19.4 Å². The summed E-state index contributed by atoms with van der Waals surface area (Å²) >= 11 is 0. The third kappa shape index (κ3) is 9.65. The molecule has 0 heterocycles. The maximum atomic E-state index is 10.1. The van der Waals surface area contributed by atoms with Crippen LogP contribution in [0.15, 0.2) is 0 Å². The number of unbranched alkanes of at least 4 members (excludes halogenated alkanes) is 1. The summed E-state index contributed by atoms with van der Waals surface area (Å²) in [7, 11) is -0.327. The third-order valence-electron chi connectivity index (χ3n) is 1.38. The Hall–Kier alpha value is -0.353. The van der Waals surface area contributed by atoms with Crippen molar-refractivity contribution in [1.82, 2.24) is 0 Å². The van der Waals surface area contributed by atoms with Crippen molar-refractivity contribution in [1.29, 1.82) is 0 Å². The number of hydrogen-bond acceptors (Lipinski definition) is 2. The van der Waals surface area contributed by atoms with Gasteiger partial charge in [-0.1, -0.05) is 6.42 Å². The number of hydrogen-bond donors (Lipinski definition) is 1. The highest BCUT2D eigenvalue weighted by atomic mass is 28.2. The molecule has 0 spiro atoms. The zero-order chi connectivity index (χ0) is 8.53. The lowest BCUT2D eigenvalue weighted by Crippen LogP contribution is -1.98. The Morgan fingerprint density at radius 1 is 1.55 bits per heavy atom. The highest BCUT2D eigenvalue weighted by Gasteiger charge is 1.95. The maximum absolute atomic E-state index is 10.1. The first-order chi connectivity index (χ1) is 5.27. The molecule has 4 heteroatoms. The van der Waals surface area contributed by atoms with E-state index in [4.69, 9.17) is 9.53 Å². The molecule has 0 aromatic heterocycles. The molecule has 0 aliphatic heterocycles. The normalized spacial score (nSPS) is 11.0. The molecule has 0 radical (unpaired) electrons. The van der Waals surface area contributed by atoms with Gasteiger partial charge in [0, 0.05) is 13.0 Å². The standard InChI is InChI=1S/C7H16O3Si/c1-2-10-11-6-4-3-5-7(8)9/h2-6,11H2,1H3,(H,8,9). The second kappa shape index (κ2) is 7.75. The van der Waals surface area contributed by atoms with Crippen LogP contribution < -0.4 is 0 Å². The second-order valence-electron chi connectivity index (χ2n) is 2.40. The fourth-order valence-electron chi connectivity index (χ4n) is 0.801. The molecular weight excluding hydrogens is 160 g/mol. The summed E-state index contributed by atoms with van der Waals surface area (Å²) in [6, 6.07) is 1.11. The molecule has 3 nitrogen and oxygen atoms in total. The van der Waals surface area contributed by atoms with E-state index in [1.54, 1.807) is 0 Å². The van der Waals surface area contributed by atoms with Crippen molar-refractivity contribution < 1.29 is 14.3 Å². The molecule has 11 heavy (non-hydrogen) atoms. The first-order valence-electron chi connectivity index (χ1n) is 4.07. The number of carbonyl (C=O) groups is 1. The van der Waals surface area contributed by atoms with Crippen LogP contribution in [0, 0.1) is 0 Å². The van der Waals surface area contributed by atoms with E-state index in [-0.39, 0.29) is 9.76 Å². The van der Waals surface area contributed by atoms with E-state index in [0.29, 0.717) is 6.42 Å². The number of carboxylic acids is 1. The van der Waals surface area contributed by atoms with Crippen LogP contribution in [0.2, 0.25) is 6.04 Å². The zero-order valence-corrected chi connectivity index (χ0v) is 8.42. The number of carboxylic acid groups (broad SMARTS) is 1. The van der Waals surface area contributed by atoms with Crippen LogP contribution in [0.5, 0.6) is 0 Å².